The molecule has 4 heteroatoms. The molecule has 1 aromatic carbocycles. The van der Waals surface area contributed by atoms with Crippen molar-refractivity contribution >= 4 is 11.7 Å². The zero-order chi connectivity index (χ0) is 16.1. The largest absolute Gasteiger partial charge is 0.390 e. The molecule has 0 aliphatic heterocycles. The van der Waals surface area contributed by atoms with E-state index in [-0.39, 0.29) is 23.7 Å². The van der Waals surface area contributed by atoms with E-state index >= 15 is 0 Å². The molecule has 0 heterocycles. The number of fused-ring (bicyclic) bond motifs is 1. The number of benzene rings is 1. The van der Waals surface area contributed by atoms with Crippen molar-refractivity contribution in [3.63, 3.8) is 0 Å². The van der Waals surface area contributed by atoms with E-state index in [4.69, 9.17) is 0 Å². The van der Waals surface area contributed by atoms with E-state index in [2.05, 4.69) is 5.32 Å². The van der Waals surface area contributed by atoms with Gasteiger partial charge in [0, 0.05) is 18.8 Å². The van der Waals surface area contributed by atoms with Gasteiger partial charge in [-0.05, 0) is 30.9 Å². The highest BCUT2D eigenvalue weighted by Gasteiger charge is 2.31. The Labute approximate surface area is 131 Å². The lowest BCUT2D eigenvalue weighted by Gasteiger charge is -2.18. The maximum absolute atomic E-state index is 12.0. The van der Waals surface area contributed by atoms with Gasteiger partial charge in [0.25, 0.3) is 0 Å². The molecule has 1 aromatic rings. The number of nitrogens with one attached hydrogen (secondary N) is 1. The number of aliphatic hydroxyl groups excluding tert-OH is 1. The van der Waals surface area contributed by atoms with Gasteiger partial charge in [-0.25, -0.2) is 0 Å². The number of hydrogen-bond donors (Lipinski definition) is 2. The Morgan fingerprint density at radius 3 is 2.77 bits per heavy atom. The topological polar surface area (TPSA) is 66.4 Å². The molecule has 0 spiro atoms. The quantitative estimate of drug-likeness (QED) is 0.761. The summed E-state index contributed by atoms with van der Waals surface area (Å²) < 4.78 is 0. The minimum atomic E-state index is -0.543. The number of unbranched alkanes of at least 4 members (excludes halogenated alkanes) is 1. The lowest BCUT2D eigenvalue weighted by Crippen LogP contribution is -2.33. The summed E-state index contributed by atoms with van der Waals surface area (Å²) in [4.78, 5) is 23.2. The first kappa shape index (κ1) is 16.7. The first-order chi connectivity index (χ1) is 10.5. The van der Waals surface area contributed by atoms with Crippen LogP contribution < -0.4 is 5.32 Å². The van der Waals surface area contributed by atoms with E-state index in [9.17, 15) is 14.7 Å². The molecule has 0 saturated heterocycles. The van der Waals surface area contributed by atoms with E-state index in [1.807, 2.05) is 31.2 Å². The molecule has 1 aliphatic carbocycles. The van der Waals surface area contributed by atoms with Gasteiger partial charge in [0.15, 0.2) is 0 Å². The fourth-order valence-corrected chi connectivity index (χ4v) is 2.93. The van der Waals surface area contributed by atoms with Gasteiger partial charge in [-0.15, -0.1) is 0 Å². The number of hydrogen-bond acceptors (Lipinski definition) is 3. The summed E-state index contributed by atoms with van der Waals surface area (Å²) in [6.45, 7) is 3.53. The predicted octanol–water partition coefficient (Wildman–Crippen LogP) is 2.55. The lowest BCUT2D eigenvalue weighted by molar-refractivity contribution is -0.122. The summed E-state index contributed by atoms with van der Waals surface area (Å²) in [7, 11) is 0. The van der Waals surface area contributed by atoms with Crippen LogP contribution in [-0.4, -0.2) is 22.9 Å². The molecule has 120 valence electrons. The lowest BCUT2D eigenvalue weighted by atomic mass is 9.99. The minimum absolute atomic E-state index is 0.0313. The Morgan fingerprint density at radius 2 is 2.05 bits per heavy atom. The molecule has 0 radical (unpaired) electrons. The summed E-state index contributed by atoms with van der Waals surface area (Å²) in [6, 6.07) is 7.55. The summed E-state index contributed by atoms with van der Waals surface area (Å²) >= 11 is 0. The van der Waals surface area contributed by atoms with Crippen LogP contribution in [-0.2, 0) is 16.0 Å². The van der Waals surface area contributed by atoms with Gasteiger partial charge >= 0.3 is 0 Å². The number of amides is 1. The van der Waals surface area contributed by atoms with Crippen LogP contribution in [0.25, 0.3) is 0 Å². The van der Waals surface area contributed by atoms with E-state index in [1.54, 1.807) is 6.92 Å². The highest BCUT2D eigenvalue weighted by atomic mass is 16.3. The van der Waals surface area contributed by atoms with Crippen LogP contribution in [0.4, 0.5) is 0 Å². The summed E-state index contributed by atoms with van der Waals surface area (Å²) in [5.74, 6) is 0.248. The second kappa shape index (κ2) is 7.54. The standard InChI is InChI=1S/C18H25NO3/c1-12(13(2)20)7-3-6-10-17(22)19-18-15-9-5-4-8-14(15)11-16(18)21/h4-5,8-9,12,16,18,21H,3,6-7,10-11H2,1-2H3,(H,19,22). The third-order valence-electron chi connectivity index (χ3n) is 4.51. The number of carbonyl (C=O) groups is 2. The van der Waals surface area contributed by atoms with E-state index < -0.39 is 6.10 Å². The molecule has 1 amide bonds. The van der Waals surface area contributed by atoms with Crippen LogP contribution >= 0.6 is 0 Å². The van der Waals surface area contributed by atoms with Gasteiger partial charge in [0.2, 0.25) is 5.91 Å². The fraction of sp³-hybridized carbons (Fsp3) is 0.556. The van der Waals surface area contributed by atoms with E-state index in [0.29, 0.717) is 12.8 Å². The molecule has 0 bridgehead atoms. The van der Waals surface area contributed by atoms with Crippen LogP contribution in [0.15, 0.2) is 24.3 Å². The first-order valence-electron chi connectivity index (χ1n) is 8.04. The Bertz CT molecular complexity index is 541. The summed E-state index contributed by atoms with van der Waals surface area (Å²) in [5, 5.41) is 13.1. The highest BCUT2D eigenvalue weighted by Crippen LogP contribution is 2.31. The van der Waals surface area contributed by atoms with E-state index in [0.717, 1.165) is 30.4 Å². The molecule has 3 atom stereocenters. The van der Waals surface area contributed by atoms with Gasteiger partial charge in [0.1, 0.15) is 5.78 Å². The van der Waals surface area contributed by atoms with E-state index in [1.165, 1.54) is 0 Å². The number of ketones is 1. The molecular formula is C18H25NO3. The van der Waals surface area contributed by atoms with Gasteiger partial charge in [-0.1, -0.05) is 37.6 Å². The summed E-state index contributed by atoms with van der Waals surface area (Å²) in [5.41, 5.74) is 2.13. The third-order valence-corrected chi connectivity index (χ3v) is 4.51. The molecule has 2 rings (SSSR count). The SMILES string of the molecule is CC(=O)C(C)CCCCC(=O)NC1c2ccccc2CC1O. The molecule has 0 fully saturated rings. The molecule has 22 heavy (non-hydrogen) atoms. The van der Waals surface area contributed by atoms with Crippen LogP contribution in [0.3, 0.4) is 0 Å². The number of rotatable bonds is 7. The molecule has 2 N–H and O–H groups in total. The van der Waals surface area contributed by atoms with Crippen molar-refractivity contribution in [1.29, 1.82) is 0 Å². The molecule has 4 nitrogen and oxygen atoms in total. The van der Waals surface area contributed by atoms with Crippen molar-refractivity contribution in [3.8, 4) is 0 Å². The van der Waals surface area contributed by atoms with Crippen LogP contribution in [0.1, 0.15) is 56.7 Å². The van der Waals surface area contributed by atoms with Crippen molar-refractivity contribution in [2.45, 2.75) is 58.1 Å². The van der Waals surface area contributed by atoms with Crippen molar-refractivity contribution in [2.24, 2.45) is 5.92 Å². The zero-order valence-electron chi connectivity index (χ0n) is 13.3. The van der Waals surface area contributed by atoms with Crippen molar-refractivity contribution in [1.82, 2.24) is 5.32 Å². The van der Waals surface area contributed by atoms with Crippen LogP contribution in [0.5, 0.6) is 0 Å². The average Bonchev–Trinajstić information content (AvgIpc) is 2.79. The highest BCUT2D eigenvalue weighted by molar-refractivity contribution is 5.78. The monoisotopic (exact) mass is 303 g/mol. The van der Waals surface area contributed by atoms with Crippen LogP contribution in [0.2, 0.25) is 0 Å². The Kier molecular flexibility index (Phi) is 5.72. The Morgan fingerprint density at radius 1 is 1.32 bits per heavy atom. The maximum atomic E-state index is 12.0. The molecular weight excluding hydrogens is 278 g/mol. The fourth-order valence-electron chi connectivity index (χ4n) is 2.93. The van der Waals surface area contributed by atoms with Crippen molar-refractivity contribution < 1.29 is 14.7 Å². The average molecular weight is 303 g/mol. The Balaban J connectivity index is 1.77. The van der Waals surface area contributed by atoms with Gasteiger partial charge in [-0.3, -0.25) is 9.59 Å². The minimum Gasteiger partial charge on any atom is -0.390 e. The number of aliphatic hydroxyl groups is 1. The number of Topliss-reactive ketones (excluding diaryl/α,β-unsaturated/α-hetero) is 1. The van der Waals surface area contributed by atoms with Gasteiger partial charge in [0.05, 0.1) is 12.1 Å². The Hall–Kier alpha value is -1.68. The first-order valence-corrected chi connectivity index (χ1v) is 8.04. The molecule has 1 aliphatic rings. The summed E-state index contributed by atoms with van der Waals surface area (Å²) in [6.07, 6.45) is 2.97. The second-order valence-corrected chi connectivity index (χ2v) is 6.27. The van der Waals surface area contributed by atoms with Gasteiger partial charge in [-0.2, -0.15) is 0 Å². The maximum Gasteiger partial charge on any atom is 0.220 e. The van der Waals surface area contributed by atoms with Gasteiger partial charge < -0.3 is 10.4 Å². The van der Waals surface area contributed by atoms with Crippen molar-refractivity contribution in [3.05, 3.63) is 35.4 Å². The molecule has 0 aromatic heterocycles. The zero-order valence-corrected chi connectivity index (χ0v) is 13.3. The number of carbonyl (C=O) groups excluding carboxylic acids is 2. The molecule has 0 saturated carbocycles. The van der Waals surface area contributed by atoms with Crippen molar-refractivity contribution in [2.75, 3.05) is 0 Å². The second-order valence-electron chi connectivity index (χ2n) is 6.27. The molecule has 3 unspecified atom stereocenters. The smallest absolute Gasteiger partial charge is 0.220 e. The normalized spacial score (nSPS) is 21.2. The third kappa shape index (κ3) is 4.17. The predicted molar refractivity (Wildman–Crippen MR) is 85.3 cm³/mol. The van der Waals surface area contributed by atoms with Crippen LogP contribution in [0, 0.1) is 5.92 Å².